The van der Waals surface area contributed by atoms with Crippen LogP contribution in [0.25, 0.3) is 10.2 Å². The van der Waals surface area contributed by atoms with Crippen molar-refractivity contribution < 1.29 is 4.79 Å². The smallest absolute Gasteiger partial charge is 0.262 e. The van der Waals surface area contributed by atoms with Crippen LogP contribution in [0.15, 0.2) is 40.8 Å². The Kier molecular flexibility index (Phi) is 4.01. The van der Waals surface area contributed by atoms with E-state index in [1.54, 1.807) is 6.07 Å². The molecule has 6 nitrogen and oxygen atoms in total. The average Bonchev–Trinajstić information content (AvgIpc) is 3.08. The third kappa shape index (κ3) is 3.02. The molecule has 4 rings (SSSR count). The SMILES string of the molecule is CN1CCCc2ccc(NC(=O)Cn3cnc4sccc4c3=O)cc21. The highest BCUT2D eigenvalue weighted by Crippen LogP contribution is 2.28. The van der Waals surface area contributed by atoms with Gasteiger partial charge in [-0.1, -0.05) is 6.07 Å². The molecule has 25 heavy (non-hydrogen) atoms. The van der Waals surface area contributed by atoms with Gasteiger partial charge in [-0.25, -0.2) is 4.98 Å². The molecule has 0 fully saturated rings. The number of rotatable bonds is 3. The lowest BCUT2D eigenvalue weighted by Gasteiger charge is -2.28. The van der Waals surface area contributed by atoms with Crippen molar-refractivity contribution in [2.75, 3.05) is 23.8 Å². The van der Waals surface area contributed by atoms with Gasteiger partial charge >= 0.3 is 0 Å². The number of nitrogens with zero attached hydrogens (tertiary/aromatic N) is 3. The first-order chi connectivity index (χ1) is 12.1. The maximum atomic E-state index is 12.4. The van der Waals surface area contributed by atoms with Gasteiger partial charge < -0.3 is 10.2 Å². The van der Waals surface area contributed by atoms with Crippen molar-refractivity contribution in [1.82, 2.24) is 9.55 Å². The first kappa shape index (κ1) is 15.8. The Balaban J connectivity index is 1.53. The Morgan fingerprint density at radius 2 is 2.24 bits per heavy atom. The number of thiophene rings is 1. The third-order valence-corrected chi connectivity index (χ3v) is 5.31. The molecule has 0 unspecified atom stereocenters. The molecule has 0 atom stereocenters. The molecule has 0 aliphatic carbocycles. The van der Waals surface area contributed by atoms with Crippen molar-refractivity contribution in [2.24, 2.45) is 0 Å². The van der Waals surface area contributed by atoms with Gasteiger partial charge in [0.05, 0.1) is 11.7 Å². The van der Waals surface area contributed by atoms with Crippen LogP contribution in [0.2, 0.25) is 0 Å². The molecule has 0 bridgehead atoms. The van der Waals surface area contributed by atoms with E-state index >= 15 is 0 Å². The number of carbonyl (C=O) groups is 1. The highest BCUT2D eigenvalue weighted by molar-refractivity contribution is 7.16. The van der Waals surface area contributed by atoms with E-state index in [0.29, 0.717) is 10.2 Å². The summed E-state index contributed by atoms with van der Waals surface area (Å²) in [5, 5.41) is 5.26. The van der Waals surface area contributed by atoms with Crippen LogP contribution in [0, 0.1) is 0 Å². The number of fused-ring (bicyclic) bond motifs is 2. The fourth-order valence-electron chi connectivity index (χ4n) is 3.20. The number of carbonyl (C=O) groups excluding carboxylic acids is 1. The second-order valence-electron chi connectivity index (χ2n) is 6.23. The number of amides is 1. The first-order valence-corrected chi connectivity index (χ1v) is 9.06. The summed E-state index contributed by atoms with van der Waals surface area (Å²) in [5.74, 6) is -0.239. The van der Waals surface area contributed by atoms with Crippen LogP contribution < -0.4 is 15.8 Å². The molecule has 3 aromatic rings. The number of hydrogen-bond donors (Lipinski definition) is 1. The topological polar surface area (TPSA) is 67.2 Å². The maximum absolute atomic E-state index is 12.4. The first-order valence-electron chi connectivity index (χ1n) is 8.18. The van der Waals surface area contributed by atoms with Crippen LogP contribution in [0.1, 0.15) is 12.0 Å². The van der Waals surface area contributed by atoms with Gasteiger partial charge in [-0.2, -0.15) is 0 Å². The number of benzene rings is 1. The van der Waals surface area contributed by atoms with E-state index in [4.69, 9.17) is 0 Å². The Morgan fingerprint density at radius 3 is 3.12 bits per heavy atom. The van der Waals surface area contributed by atoms with Gasteiger partial charge in [-0.05, 0) is 42.0 Å². The van der Waals surface area contributed by atoms with Gasteiger partial charge in [0, 0.05) is 25.0 Å². The summed E-state index contributed by atoms with van der Waals surface area (Å²) in [4.78, 5) is 31.8. The Labute approximate surface area is 148 Å². The Bertz CT molecular complexity index is 1010. The van der Waals surface area contributed by atoms with Gasteiger partial charge in [-0.15, -0.1) is 11.3 Å². The van der Waals surface area contributed by atoms with E-state index < -0.39 is 0 Å². The van der Waals surface area contributed by atoms with Gasteiger partial charge in [0.15, 0.2) is 0 Å². The highest BCUT2D eigenvalue weighted by Gasteiger charge is 2.15. The van der Waals surface area contributed by atoms with Crippen LogP contribution in [0.3, 0.4) is 0 Å². The zero-order valence-electron chi connectivity index (χ0n) is 13.9. The van der Waals surface area contributed by atoms with Crippen molar-refractivity contribution in [3.63, 3.8) is 0 Å². The van der Waals surface area contributed by atoms with Gasteiger partial charge in [0.1, 0.15) is 11.4 Å². The summed E-state index contributed by atoms with van der Waals surface area (Å²) in [6, 6.07) is 7.71. The van der Waals surface area contributed by atoms with Gasteiger partial charge in [0.25, 0.3) is 5.56 Å². The monoisotopic (exact) mass is 354 g/mol. The summed E-state index contributed by atoms with van der Waals surface area (Å²) >= 11 is 1.42. The fraction of sp³-hybridized carbons (Fsp3) is 0.278. The summed E-state index contributed by atoms with van der Waals surface area (Å²) in [6.07, 6.45) is 3.65. The van der Waals surface area contributed by atoms with Crippen molar-refractivity contribution in [3.05, 3.63) is 51.9 Å². The van der Waals surface area contributed by atoms with E-state index in [9.17, 15) is 9.59 Å². The van der Waals surface area contributed by atoms with Crippen LogP contribution in [0.5, 0.6) is 0 Å². The highest BCUT2D eigenvalue weighted by atomic mass is 32.1. The minimum Gasteiger partial charge on any atom is -0.374 e. The molecule has 7 heteroatoms. The summed E-state index contributed by atoms with van der Waals surface area (Å²) in [7, 11) is 2.06. The lowest BCUT2D eigenvalue weighted by Crippen LogP contribution is -2.28. The maximum Gasteiger partial charge on any atom is 0.262 e. The second-order valence-corrected chi connectivity index (χ2v) is 7.13. The molecule has 1 aliphatic heterocycles. The largest absolute Gasteiger partial charge is 0.374 e. The number of aryl methyl sites for hydroxylation is 1. The van der Waals surface area contributed by atoms with Gasteiger partial charge in [0.2, 0.25) is 5.91 Å². The molecule has 2 aromatic heterocycles. The van der Waals surface area contributed by atoms with Crippen molar-refractivity contribution in [2.45, 2.75) is 19.4 Å². The van der Waals surface area contributed by atoms with Crippen LogP contribution in [-0.4, -0.2) is 29.1 Å². The number of anilines is 2. The minimum absolute atomic E-state index is 0.0510. The molecule has 1 amide bonds. The Hall–Kier alpha value is -2.67. The molecule has 1 aliphatic rings. The average molecular weight is 354 g/mol. The third-order valence-electron chi connectivity index (χ3n) is 4.48. The number of hydrogen-bond acceptors (Lipinski definition) is 5. The summed E-state index contributed by atoms with van der Waals surface area (Å²) in [6.45, 7) is 0.969. The van der Waals surface area contributed by atoms with E-state index in [1.807, 2.05) is 17.5 Å². The normalized spacial score (nSPS) is 13.7. The van der Waals surface area contributed by atoms with Crippen molar-refractivity contribution >= 4 is 38.8 Å². The Morgan fingerprint density at radius 1 is 1.36 bits per heavy atom. The standard InChI is InChI=1S/C18H18N4O2S/c1-21-7-2-3-12-4-5-13(9-15(12)21)20-16(23)10-22-11-19-17-14(18(22)24)6-8-25-17/h4-6,8-9,11H,2-3,7,10H2,1H3,(H,20,23). The van der Waals surface area contributed by atoms with E-state index in [0.717, 1.165) is 30.8 Å². The molecule has 1 N–H and O–H groups in total. The molecule has 3 heterocycles. The van der Waals surface area contributed by atoms with E-state index in [1.165, 1.54) is 27.8 Å². The molecule has 1 aromatic carbocycles. The molecule has 0 saturated heterocycles. The molecule has 128 valence electrons. The lowest BCUT2D eigenvalue weighted by molar-refractivity contribution is -0.116. The van der Waals surface area contributed by atoms with Crippen molar-refractivity contribution in [3.8, 4) is 0 Å². The predicted octanol–water partition coefficient (Wildman–Crippen LogP) is 2.48. The van der Waals surface area contributed by atoms with E-state index in [-0.39, 0.29) is 18.0 Å². The number of aromatic nitrogens is 2. The summed E-state index contributed by atoms with van der Waals surface area (Å²) < 4.78 is 1.34. The molecule has 0 radical (unpaired) electrons. The number of nitrogens with one attached hydrogen (secondary N) is 1. The minimum atomic E-state index is -0.239. The molecule has 0 saturated carbocycles. The zero-order valence-corrected chi connectivity index (χ0v) is 14.7. The fourth-order valence-corrected chi connectivity index (χ4v) is 3.92. The zero-order chi connectivity index (χ0) is 17.4. The van der Waals surface area contributed by atoms with Crippen LogP contribution in [0.4, 0.5) is 11.4 Å². The summed E-state index contributed by atoms with van der Waals surface area (Å²) in [5.41, 5.74) is 3.01. The van der Waals surface area contributed by atoms with E-state index in [2.05, 4.69) is 28.3 Å². The predicted molar refractivity (Wildman–Crippen MR) is 101 cm³/mol. The lowest BCUT2D eigenvalue weighted by atomic mass is 10.0. The quantitative estimate of drug-likeness (QED) is 0.785. The second kappa shape index (κ2) is 6.33. The van der Waals surface area contributed by atoms with Crippen LogP contribution in [-0.2, 0) is 17.8 Å². The van der Waals surface area contributed by atoms with Crippen molar-refractivity contribution in [1.29, 1.82) is 0 Å². The molecular weight excluding hydrogens is 336 g/mol. The van der Waals surface area contributed by atoms with Gasteiger partial charge in [-0.3, -0.25) is 14.2 Å². The van der Waals surface area contributed by atoms with Crippen LogP contribution >= 0.6 is 11.3 Å². The molecule has 0 spiro atoms. The molecular formula is C18H18N4O2S.